The van der Waals surface area contributed by atoms with Gasteiger partial charge in [-0.1, -0.05) is 23.7 Å². The molecule has 0 aliphatic carbocycles. The van der Waals surface area contributed by atoms with Crippen molar-refractivity contribution in [2.45, 2.75) is 38.8 Å². The predicted octanol–water partition coefficient (Wildman–Crippen LogP) is 3.04. The summed E-state index contributed by atoms with van der Waals surface area (Å²) in [6.07, 6.45) is -1.42. The number of carbonyl (C=O) groups excluding carboxylic acids is 1. The Balaban J connectivity index is 1.60. The molecule has 2 aromatic rings. The highest BCUT2D eigenvalue weighted by molar-refractivity contribution is 6.31. The lowest BCUT2D eigenvalue weighted by molar-refractivity contribution is -0.128. The molecule has 1 aromatic heterocycles. The van der Waals surface area contributed by atoms with Crippen molar-refractivity contribution in [3.8, 4) is 5.75 Å². The van der Waals surface area contributed by atoms with Crippen LogP contribution in [-0.2, 0) is 24.9 Å². The maximum atomic E-state index is 13.3. The molecular weight excluding hydrogens is 416 g/mol. The fourth-order valence-electron chi connectivity index (χ4n) is 4.30. The van der Waals surface area contributed by atoms with Gasteiger partial charge in [-0.05, 0) is 36.6 Å². The molecule has 1 fully saturated rings. The summed E-state index contributed by atoms with van der Waals surface area (Å²) in [6, 6.07) is 3.35. The number of nitrogens with zero attached hydrogens (tertiary/aromatic N) is 4. The third-order valence-corrected chi connectivity index (χ3v) is 6.05. The second-order valence-electron chi connectivity index (χ2n) is 7.94. The van der Waals surface area contributed by atoms with Crippen LogP contribution in [0.25, 0.3) is 0 Å². The number of hydrogen-bond donors (Lipinski definition) is 1. The number of nitrogens with one attached hydrogen (secondary N) is 1. The zero-order valence-corrected chi connectivity index (χ0v) is 17.6. The molecule has 0 bridgehead atoms. The van der Waals surface area contributed by atoms with Crippen LogP contribution in [0.5, 0.6) is 5.75 Å². The molecule has 10 heteroatoms. The third kappa shape index (κ3) is 4.00. The van der Waals surface area contributed by atoms with E-state index in [9.17, 15) is 13.6 Å². The average Bonchev–Trinajstić information content (AvgIpc) is 3.22. The Morgan fingerprint density at radius 1 is 1.40 bits per heavy atom. The summed E-state index contributed by atoms with van der Waals surface area (Å²) in [4.78, 5) is 14.1. The molecule has 3 heterocycles. The van der Waals surface area contributed by atoms with Crippen molar-refractivity contribution >= 4 is 17.5 Å². The molecule has 30 heavy (non-hydrogen) atoms. The molecule has 7 nitrogen and oxygen atoms in total. The Morgan fingerprint density at radius 3 is 2.90 bits per heavy atom. The monoisotopic (exact) mass is 439 g/mol. The topological polar surface area (TPSA) is 72.3 Å². The van der Waals surface area contributed by atoms with Crippen LogP contribution in [0.15, 0.2) is 12.1 Å². The lowest BCUT2D eigenvalue weighted by atomic mass is 9.92. The van der Waals surface area contributed by atoms with E-state index in [-0.39, 0.29) is 29.9 Å². The number of aromatic nitrogens is 3. The van der Waals surface area contributed by atoms with Gasteiger partial charge < -0.3 is 15.0 Å². The zero-order chi connectivity index (χ0) is 21.4. The van der Waals surface area contributed by atoms with Crippen LogP contribution in [0, 0.1) is 5.92 Å². The van der Waals surface area contributed by atoms with Crippen LogP contribution >= 0.6 is 11.6 Å². The van der Waals surface area contributed by atoms with Crippen LogP contribution in [0.4, 0.5) is 8.78 Å². The largest absolute Gasteiger partial charge is 0.487 e. The minimum atomic E-state index is -2.69. The summed E-state index contributed by atoms with van der Waals surface area (Å²) in [5.74, 6) is 1.03. The summed E-state index contributed by atoms with van der Waals surface area (Å²) in [5.41, 5.74) is 1.68. The number of hydrogen-bond acceptors (Lipinski definition) is 5. The van der Waals surface area contributed by atoms with E-state index in [4.69, 9.17) is 16.3 Å². The van der Waals surface area contributed by atoms with E-state index in [0.717, 1.165) is 35.3 Å². The van der Waals surface area contributed by atoms with E-state index in [0.29, 0.717) is 29.7 Å². The van der Waals surface area contributed by atoms with Gasteiger partial charge in [0.15, 0.2) is 0 Å². The normalized spacial score (nSPS) is 21.4. The van der Waals surface area contributed by atoms with E-state index in [1.165, 1.54) is 7.05 Å². The number of ether oxygens (including phenoxy) is 1. The van der Waals surface area contributed by atoms with Crippen molar-refractivity contribution in [1.82, 2.24) is 25.2 Å². The lowest BCUT2D eigenvalue weighted by Gasteiger charge is -2.32. The van der Waals surface area contributed by atoms with Crippen molar-refractivity contribution in [2.75, 3.05) is 19.6 Å². The third-order valence-electron chi connectivity index (χ3n) is 5.70. The van der Waals surface area contributed by atoms with Gasteiger partial charge in [0.2, 0.25) is 5.91 Å². The standard InChI is InChI=1S/C20H24ClF2N5O2/c1-11-7-17(29)28(8-11)9-14-18-12(5-6-24-14)13(21)3-4-16(18)30-10-15-19(20(22)23)27(2)26-25-15/h3-4,11,14,20,24H,5-10H2,1-2H3/t11-,14?/m1/s1. The molecule has 0 radical (unpaired) electrons. The number of rotatable bonds is 6. The molecule has 0 spiro atoms. The molecule has 1 N–H and O–H groups in total. The number of likely N-dealkylation sites (tertiary alicyclic amines) is 1. The van der Waals surface area contributed by atoms with Gasteiger partial charge in [-0.3, -0.25) is 4.79 Å². The summed E-state index contributed by atoms with van der Waals surface area (Å²) in [7, 11) is 1.43. The molecule has 1 amide bonds. The fraction of sp³-hybridized carbons (Fsp3) is 0.550. The van der Waals surface area contributed by atoms with Crippen LogP contribution < -0.4 is 10.1 Å². The van der Waals surface area contributed by atoms with Crippen molar-refractivity contribution in [3.05, 3.63) is 39.7 Å². The maximum Gasteiger partial charge on any atom is 0.282 e. The quantitative estimate of drug-likeness (QED) is 0.749. The number of fused-ring (bicyclic) bond motifs is 1. The molecule has 1 saturated heterocycles. The van der Waals surface area contributed by atoms with Crippen molar-refractivity contribution in [1.29, 1.82) is 0 Å². The predicted molar refractivity (Wildman–Crippen MR) is 107 cm³/mol. The number of alkyl halides is 2. The van der Waals surface area contributed by atoms with Crippen LogP contribution in [0.2, 0.25) is 5.02 Å². The summed E-state index contributed by atoms with van der Waals surface area (Å²) in [5, 5.41) is 11.6. The van der Waals surface area contributed by atoms with Gasteiger partial charge in [0.1, 0.15) is 23.7 Å². The molecule has 2 aliphatic rings. The molecule has 4 rings (SSSR count). The highest BCUT2D eigenvalue weighted by Gasteiger charge is 2.33. The molecule has 1 unspecified atom stereocenters. The second-order valence-corrected chi connectivity index (χ2v) is 8.34. The smallest absolute Gasteiger partial charge is 0.282 e. The Hall–Kier alpha value is -2.26. The number of aryl methyl sites for hydroxylation is 1. The van der Waals surface area contributed by atoms with Crippen LogP contribution in [0.3, 0.4) is 0 Å². The van der Waals surface area contributed by atoms with E-state index in [1.807, 2.05) is 4.90 Å². The van der Waals surface area contributed by atoms with Gasteiger partial charge in [-0.25, -0.2) is 13.5 Å². The fourth-order valence-corrected chi connectivity index (χ4v) is 4.56. The van der Waals surface area contributed by atoms with Crippen LogP contribution in [-0.4, -0.2) is 45.4 Å². The number of carbonyl (C=O) groups is 1. The Labute approximate surface area is 178 Å². The van der Waals surface area contributed by atoms with Crippen LogP contribution in [0.1, 0.15) is 48.3 Å². The maximum absolute atomic E-state index is 13.3. The molecular formula is C20H24ClF2N5O2. The Bertz CT molecular complexity index is 952. The Morgan fingerprint density at radius 2 is 2.20 bits per heavy atom. The zero-order valence-electron chi connectivity index (χ0n) is 16.9. The van der Waals surface area contributed by atoms with Gasteiger partial charge in [-0.2, -0.15) is 0 Å². The van der Waals surface area contributed by atoms with E-state index >= 15 is 0 Å². The highest BCUT2D eigenvalue weighted by atomic mass is 35.5. The molecule has 2 atom stereocenters. The average molecular weight is 440 g/mol. The second kappa shape index (κ2) is 8.47. The summed E-state index contributed by atoms with van der Waals surface area (Å²) in [6.45, 7) is 3.90. The Kier molecular flexibility index (Phi) is 5.92. The van der Waals surface area contributed by atoms with Crippen molar-refractivity contribution in [3.63, 3.8) is 0 Å². The molecule has 2 aliphatic heterocycles. The van der Waals surface area contributed by atoms with Gasteiger partial charge in [0, 0.05) is 37.1 Å². The first-order chi connectivity index (χ1) is 14.3. The van der Waals surface area contributed by atoms with Gasteiger partial charge >= 0.3 is 0 Å². The summed E-state index contributed by atoms with van der Waals surface area (Å²) < 4.78 is 33.6. The first-order valence-corrected chi connectivity index (χ1v) is 10.3. The van der Waals surface area contributed by atoms with Gasteiger partial charge in [0.25, 0.3) is 6.43 Å². The molecule has 1 aromatic carbocycles. The SMILES string of the molecule is C[C@@H]1CC(=O)N(CC2NCCc3c(Cl)ccc(OCc4nnn(C)c4C(F)F)c32)C1. The van der Waals surface area contributed by atoms with Gasteiger partial charge in [0.05, 0.1) is 6.04 Å². The lowest BCUT2D eigenvalue weighted by Crippen LogP contribution is -2.40. The number of benzene rings is 1. The van der Waals surface area contributed by atoms with E-state index < -0.39 is 6.43 Å². The van der Waals surface area contributed by atoms with E-state index in [2.05, 4.69) is 22.6 Å². The summed E-state index contributed by atoms with van der Waals surface area (Å²) >= 11 is 6.45. The number of halogens is 3. The number of amides is 1. The van der Waals surface area contributed by atoms with Gasteiger partial charge in [-0.15, -0.1) is 5.10 Å². The highest BCUT2D eigenvalue weighted by Crippen LogP contribution is 2.38. The minimum absolute atomic E-state index is 0.0973. The first-order valence-electron chi connectivity index (χ1n) is 9.97. The molecule has 0 saturated carbocycles. The minimum Gasteiger partial charge on any atom is -0.487 e. The molecule has 162 valence electrons. The van der Waals surface area contributed by atoms with E-state index in [1.54, 1.807) is 12.1 Å². The van der Waals surface area contributed by atoms with Crippen molar-refractivity contribution in [2.24, 2.45) is 13.0 Å². The van der Waals surface area contributed by atoms with Crippen molar-refractivity contribution < 1.29 is 18.3 Å². The first kappa shape index (κ1) is 21.0.